The summed E-state index contributed by atoms with van der Waals surface area (Å²) in [6.45, 7) is 3.88. The summed E-state index contributed by atoms with van der Waals surface area (Å²) in [6.07, 6.45) is -0.448. The Morgan fingerprint density at radius 3 is 2.47 bits per heavy atom. The maximum absolute atomic E-state index is 11.4. The molecule has 3 heteroatoms. The number of cyclic esters (lactones) is 1. The van der Waals surface area contributed by atoms with Crippen molar-refractivity contribution < 1.29 is 9.53 Å². The number of nitrogens with zero attached hydrogens (tertiary/aromatic N) is 1. The second kappa shape index (κ2) is 3.85. The predicted molar refractivity (Wildman–Crippen MR) is 57.5 cm³/mol. The van der Waals surface area contributed by atoms with Gasteiger partial charge in [-0.1, -0.05) is 44.2 Å². The summed E-state index contributed by atoms with van der Waals surface area (Å²) < 4.78 is 5.18. The molecule has 0 amide bonds. The van der Waals surface area contributed by atoms with Crippen LogP contribution in [-0.4, -0.2) is 11.7 Å². The molecule has 1 aromatic rings. The Morgan fingerprint density at radius 1 is 1.27 bits per heavy atom. The van der Waals surface area contributed by atoms with Crippen LogP contribution in [-0.2, 0) is 9.53 Å². The Hall–Kier alpha value is -1.64. The first-order chi connectivity index (χ1) is 7.18. The Bertz CT molecular complexity index is 395. The van der Waals surface area contributed by atoms with E-state index in [2.05, 4.69) is 4.99 Å². The van der Waals surface area contributed by atoms with Gasteiger partial charge in [-0.2, -0.15) is 0 Å². The summed E-state index contributed by atoms with van der Waals surface area (Å²) in [5.74, 6) is -0.176. The third kappa shape index (κ3) is 1.91. The first-order valence-corrected chi connectivity index (χ1v) is 5.02. The van der Waals surface area contributed by atoms with Crippen molar-refractivity contribution in [3.63, 3.8) is 0 Å². The fourth-order valence-corrected chi connectivity index (χ4v) is 1.51. The molecule has 1 atom stereocenters. The minimum Gasteiger partial charge on any atom is -0.431 e. The standard InChI is InChI=1S/C12H13NO2/c1-8(2)10-12(14)15-11(13-10)9-6-4-3-5-7-9/h3-8,11H,1-2H3. The molecule has 0 spiro atoms. The molecule has 1 aliphatic rings. The maximum atomic E-state index is 11.4. The number of carbonyl (C=O) groups excluding carboxylic acids is 1. The molecule has 1 heterocycles. The van der Waals surface area contributed by atoms with E-state index in [0.29, 0.717) is 5.71 Å². The van der Waals surface area contributed by atoms with Gasteiger partial charge in [0.1, 0.15) is 5.71 Å². The molecule has 0 saturated heterocycles. The van der Waals surface area contributed by atoms with E-state index < -0.39 is 6.23 Å². The minimum absolute atomic E-state index is 0.117. The van der Waals surface area contributed by atoms with Crippen molar-refractivity contribution in [3.8, 4) is 0 Å². The fourth-order valence-electron chi connectivity index (χ4n) is 1.51. The van der Waals surface area contributed by atoms with Crippen LogP contribution in [0.5, 0.6) is 0 Å². The van der Waals surface area contributed by atoms with Crippen molar-refractivity contribution in [3.05, 3.63) is 35.9 Å². The van der Waals surface area contributed by atoms with Crippen molar-refractivity contribution in [2.45, 2.75) is 20.1 Å². The summed E-state index contributed by atoms with van der Waals surface area (Å²) >= 11 is 0. The van der Waals surface area contributed by atoms with Crippen molar-refractivity contribution >= 4 is 11.7 Å². The van der Waals surface area contributed by atoms with E-state index in [1.54, 1.807) is 0 Å². The third-order valence-electron chi connectivity index (χ3n) is 2.32. The molecule has 0 N–H and O–H groups in total. The van der Waals surface area contributed by atoms with Crippen molar-refractivity contribution in [2.24, 2.45) is 10.9 Å². The van der Waals surface area contributed by atoms with E-state index in [-0.39, 0.29) is 11.9 Å². The average molecular weight is 203 g/mol. The van der Waals surface area contributed by atoms with Crippen molar-refractivity contribution in [1.29, 1.82) is 0 Å². The zero-order valence-corrected chi connectivity index (χ0v) is 8.81. The highest BCUT2D eigenvalue weighted by Crippen LogP contribution is 2.25. The number of hydrogen-bond acceptors (Lipinski definition) is 3. The summed E-state index contributed by atoms with van der Waals surface area (Å²) in [4.78, 5) is 15.7. The van der Waals surface area contributed by atoms with Crippen LogP contribution in [0.3, 0.4) is 0 Å². The molecule has 0 aliphatic carbocycles. The van der Waals surface area contributed by atoms with E-state index in [1.807, 2.05) is 44.2 Å². The monoisotopic (exact) mass is 203 g/mol. The second-order valence-corrected chi connectivity index (χ2v) is 3.84. The van der Waals surface area contributed by atoms with Gasteiger partial charge in [0.2, 0.25) is 6.23 Å². The molecule has 0 fully saturated rings. The lowest BCUT2D eigenvalue weighted by molar-refractivity contribution is -0.138. The van der Waals surface area contributed by atoms with Gasteiger partial charge in [-0.05, 0) is 0 Å². The van der Waals surface area contributed by atoms with Crippen LogP contribution in [0.4, 0.5) is 0 Å². The zero-order valence-electron chi connectivity index (χ0n) is 8.81. The molecular formula is C12H13NO2. The summed E-state index contributed by atoms with van der Waals surface area (Å²) in [6, 6.07) is 9.56. The van der Waals surface area contributed by atoms with Crippen LogP contribution in [0.25, 0.3) is 0 Å². The maximum Gasteiger partial charge on any atom is 0.354 e. The van der Waals surface area contributed by atoms with Crippen LogP contribution in [0.15, 0.2) is 35.3 Å². The van der Waals surface area contributed by atoms with Gasteiger partial charge in [0.25, 0.3) is 0 Å². The van der Waals surface area contributed by atoms with E-state index in [1.165, 1.54) is 0 Å². The molecule has 0 bridgehead atoms. The fraction of sp³-hybridized carbons (Fsp3) is 0.333. The van der Waals surface area contributed by atoms with Gasteiger partial charge in [-0.15, -0.1) is 0 Å². The molecule has 0 radical (unpaired) electrons. The number of hydrogen-bond donors (Lipinski definition) is 0. The Kier molecular flexibility index (Phi) is 2.54. The third-order valence-corrected chi connectivity index (χ3v) is 2.32. The Labute approximate surface area is 88.8 Å². The van der Waals surface area contributed by atoms with Crippen molar-refractivity contribution in [2.75, 3.05) is 0 Å². The van der Waals surface area contributed by atoms with Gasteiger partial charge in [0, 0.05) is 11.5 Å². The van der Waals surface area contributed by atoms with Crippen LogP contribution >= 0.6 is 0 Å². The number of benzene rings is 1. The highest BCUT2D eigenvalue weighted by Gasteiger charge is 2.29. The number of rotatable bonds is 2. The molecule has 0 saturated carbocycles. The lowest BCUT2D eigenvalue weighted by Crippen LogP contribution is -2.16. The number of carbonyl (C=O) groups is 1. The summed E-state index contributed by atoms with van der Waals surface area (Å²) in [5, 5.41) is 0. The smallest absolute Gasteiger partial charge is 0.354 e. The summed E-state index contributed by atoms with van der Waals surface area (Å²) in [7, 11) is 0. The molecule has 1 aliphatic heterocycles. The van der Waals surface area contributed by atoms with Gasteiger partial charge >= 0.3 is 5.97 Å². The lowest BCUT2D eigenvalue weighted by atomic mass is 10.1. The molecule has 15 heavy (non-hydrogen) atoms. The molecule has 0 aromatic heterocycles. The van der Waals surface area contributed by atoms with Crippen molar-refractivity contribution in [1.82, 2.24) is 0 Å². The summed E-state index contributed by atoms with van der Waals surface area (Å²) in [5.41, 5.74) is 1.45. The average Bonchev–Trinajstić information content (AvgIpc) is 2.62. The number of esters is 1. The van der Waals surface area contributed by atoms with Crippen LogP contribution in [0.2, 0.25) is 0 Å². The normalized spacial score (nSPS) is 20.3. The topological polar surface area (TPSA) is 38.7 Å². The first kappa shape index (κ1) is 9.90. The van der Waals surface area contributed by atoms with E-state index in [9.17, 15) is 4.79 Å². The molecular weight excluding hydrogens is 190 g/mol. The van der Waals surface area contributed by atoms with E-state index in [4.69, 9.17) is 4.74 Å². The van der Waals surface area contributed by atoms with Gasteiger partial charge < -0.3 is 4.74 Å². The van der Waals surface area contributed by atoms with Crippen LogP contribution in [0.1, 0.15) is 25.6 Å². The largest absolute Gasteiger partial charge is 0.431 e. The number of aliphatic imine (C=N–C) groups is 1. The Balaban J connectivity index is 2.25. The second-order valence-electron chi connectivity index (χ2n) is 3.84. The van der Waals surface area contributed by atoms with E-state index in [0.717, 1.165) is 5.56 Å². The van der Waals surface area contributed by atoms with Gasteiger partial charge in [-0.3, -0.25) is 0 Å². The van der Waals surface area contributed by atoms with Crippen LogP contribution < -0.4 is 0 Å². The quantitative estimate of drug-likeness (QED) is 0.692. The lowest BCUT2D eigenvalue weighted by Gasteiger charge is -2.05. The predicted octanol–water partition coefficient (Wildman–Crippen LogP) is 2.34. The highest BCUT2D eigenvalue weighted by molar-refractivity contribution is 6.38. The minimum atomic E-state index is -0.448. The number of ether oxygens (including phenoxy) is 1. The SMILES string of the molecule is CC(C)C1=NC(c2ccccc2)OC1=O. The molecule has 2 rings (SSSR count). The van der Waals surface area contributed by atoms with Gasteiger partial charge in [0.15, 0.2) is 0 Å². The van der Waals surface area contributed by atoms with Gasteiger partial charge in [0.05, 0.1) is 0 Å². The van der Waals surface area contributed by atoms with Gasteiger partial charge in [-0.25, -0.2) is 9.79 Å². The van der Waals surface area contributed by atoms with E-state index >= 15 is 0 Å². The highest BCUT2D eigenvalue weighted by atomic mass is 16.6. The van der Waals surface area contributed by atoms with Crippen LogP contribution in [0, 0.1) is 5.92 Å². The molecule has 1 aromatic carbocycles. The first-order valence-electron chi connectivity index (χ1n) is 5.02. The molecule has 1 unspecified atom stereocenters. The Morgan fingerprint density at radius 2 is 1.93 bits per heavy atom. The molecule has 78 valence electrons. The molecule has 3 nitrogen and oxygen atoms in total. The zero-order chi connectivity index (χ0) is 10.8.